The molecule has 3 nitrogen and oxygen atoms in total. The molecule has 1 aromatic heterocycles. The number of hydrogen-bond acceptors (Lipinski definition) is 3. The monoisotopic (exact) mass is 319 g/mol. The van der Waals surface area contributed by atoms with E-state index in [0.717, 1.165) is 16.3 Å². The third-order valence-electron chi connectivity index (χ3n) is 4.08. The molecule has 4 rings (SSSR count). The second-order valence-corrected chi connectivity index (χ2v) is 5.57. The highest BCUT2D eigenvalue weighted by Crippen LogP contribution is 2.33. The minimum atomic E-state index is -0.321. The van der Waals surface area contributed by atoms with Crippen LogP contribution in [0.15, 0.2) is 71.3 Å². The molecule has 24 heavy (non-hydrogen) atoms. The third kappa shape index (κ3) is 2.47. The fraction of sp³-hybridized carbons (Fsp3) is 0.0500. The van der Waals surface area contributed by atoms with Crippen LogP contribution in [0.25, 0.3) is 33.4 Å². The lowest BCUT2D eigenvalue weighted by Gasteiger charge is -2.03. The summed E-state index contributed by atoms with van der Waals surface area (Å²) in [6.07, 6.45) is 0. The minimum absolute atomic E-state index is 0.210. The SMILES string of the molecule is OCc1c(-c2ccc3ccccc3c2)noc1-c1ccc(F)cc1. The molecule has 0 radical (unpaired) electrons. The number of fused-ring (bicyclic) bond motifs is 1. The zero-order valence-electron chi connectivity index (χ0n) is 12.7. The molecule has 0 bridgehead atoms. The van der Waals surface area contributed by atoms with Crippen molar-refractivity contribution >= 4 is 10.8 Å². The van der Waals surface area contributed by atoms with Crippen molar-refractivity contribution in [3.63, 3.8) is 0 Å². The van der Waals surface area contributed by atoms with Crippen molar-refractivity contribution in [2.75, 3.05) is 0 Å². The van der Waals surface area contributed by atoms with Gasteiger partial charge in [-0.1, -0.05) is 41.6 Å². The summed E-state index contributed by atoms with van der Waals surface area (Å²) >= 11 is 0. The number of aliphatic hydroxyl groups excluding tert-OH is 1. The first-order chi connectivity index (χ1) is 11.8. The van der Waals surface area contributed by atoms with Gasteiger partial charge in [0.05, 0.1) is 12.2 Å². The summed E-state index contributed by atoms with van der Waals surface area (Å²) in [7, 11) is 0. The van der Waals surface area contributed by atoms with Gasteiger partial charge < -0.3 is 9.63 Å². The molecule has 1 N–H and O–H groups in total. The number of rotatable bonds is 3. The van der Waals surface area contributed by atoms with Crippen molar-refractivity contribution < 1.29 is 14.0 Å². The Morgan fingerprint density at radius 3 is 2.33 bits per heavy atom. The molecule has 0 aliphatic rings. The predicted molar refractivity (Wildman–Crippen MR) is 90.8 cm³/mol. The second kappa shape index (κ2) is 5.91. The fourth-order valence-corrected chi connectivity index (χ4v) is 2.85. The molecule has 0 spiro atoms. The lowest BCUT2D eigenvalue weighted by molar-refractivity contribution is 0.281. The zero-order chi connectivity index (χ0) is 16.5. The molecule has 0 unspecified atom stereocenters. The van der Waals surface area contributed by atoms with E-state index in [1.54, 1.807) is 12.1 Å². The topological polar surface area (TPSA) is 46.3 Å². The first-order valence-electron chi connectivity index (χ1n) is 7.61. The number of aliphatic hydroxyl groups is 1. The van der Waals surface area contributed by atoms with Crippen LogP contribution in [0.3, 0.4) is 0 Å². The van der Waals surface area contributed by atoms with E-state index in [9.17, 15) is 9.50 Å². The van der Waals surface area contributed by atoms with Crippen LogP contribution in [0.5, 0.6) is 0 Å². The Morgan fingerprint density at radius 2 is 1.58 bits per heavy atom. The summed E-state index contributed by atoms with van der Waals surface area (Å²) in [5.74, 6) is 0.138. The van der Waals surface area contributed by atoms with Gasteiger partial charge >= 0.3 is 0 Å². The molecule has 0 fully saturated rings. The summed E-state index contributed by atoms with van der Waals surface area (Å²) < 4.78 is 18.6. The highest BCUT2D eigenvalue weighted by molar-refractivity contribution is 5.87. The van der Waals surface area contributed by atoms with Crippen molar-refractivity contribution in [1.29, 1.82) is 0 Å². The van der Waals surface area contributed by atoms with E-state index in [1.165, 1.54) is 12.1 Å². The van der Waals surface area contributed by atoms with Crippen LogP contribution in [0.2, 0.25) is 0 Å². The highest BCUT2D eigenvalue weighted by Gasteiger charge is 2.18. The Bertz CT molecular complexity index is 1010. The highest BCUT2D eigenvalue weighted by atomic mass is 19.1. The van der Waals surface area contributed by atoms with E-state index in [2.05, 4.69) is 5.16 Å². The Morgan fingerprint density at radius 1 is 0.875 bits per heavy atom. The van der Waals surface area contributed by atoms with Gasteiger partial charge in [-0.15, -0.1) is 0 Å². The summed E-state index contributed by atoms with van der Waals surface area (Å²) in [6.45, 7) is -0.210. The van der Waals surface area contributed by atoms with Gasteiger partial charge in [0, 0.05) is 11.1 Å². The smallest absolute Gasteiger partial charge is 0.173 e. The zero-order valence-corrected chi connectivity index (χ0v) is 12.7. The van der Waals surface area contributed by atoms with Crippen molar-refractivity contribution in [3.8, 4) is 22.6 Å². The number of nitrogens with zero attached hydrogens (tertiary/aromatic N) is 1. The first kappa shape index (κ1) is 14.6. The van der Waals surface area contributed by atoms with Gasteiger partial charge in [-0.3, -0.25) is 0 Å². The van der Waals surface area contributed by atoms with Crippen molar-refractivity contribution in [3.05, 3.63) is 78.1 Å². The molecule has 118 valence electrons. The normalized spacial score (nSPS) is 11.1. The maximum absolute atomic E-state index is 13.1. The molecule has 3 aromatic carbocycles. The molecule has 0 atom stereocenters. The van der Waals surface area contributed by atoms with E-state index in [4.69, 9.17) is 4.52 Å². The second-order valence-electron chi connectivity index (χ2n) is 5.57. The maximum atomic E-state index is 13.1. The van der Waals surface area contributed by atoms with Gasteiger partial charge in [0.2, 0.25) is 0 Å². The quantitative estimate of drug-likeness (QED) is 0.590. The van der Waals surface area contributed by atoms with Crippen LogP contribution in [0.1, 0.15) is 5.56 Å². The van der Waals surface area contributed by atoms with Gasteiger partial charge in [-0.25, -0.2) is 4.39 Å². The average Bonchev–Trinajstić information content (AvgIpc) is 3.06. The molecule has 4 aromatic rings. The minimum Gasteiger partial charge on any atom is -0.391 e. The largest absolute Gasteiger partial charge is 0.391 e. The molecule has 0 aliphatic heterocycles. The van der Waals surface area contributed by atoms with Crippen molar-refractivity contribution in [1.82, 2.24) is 5.16 Å². The van der Waals surface area contributed by atoms with Gasteiger partial charge in [0.15, 0.2) is 5.76 Å². The summed E-state index contributed by atoms with van der Waals surface area (Å²) in [5, 5.41) is 16.2. The Hall–Kier alpha value is -2.98. The van der Waals surface area contributed by atoms with Gasteiger partial charge in [0.25, 0.3) is 0 Å². The molecule has 0 aliphatic carbocycles. The van der Waals surface area contributed by atoms with Gasteiger partial charge in [-0.05, 0) is 41.1 Å². The molecule has 4 heteroatoms. The number of aromatic nitrogens is 1. The van der Waals surface area contributed by atoms with Crippen LogP contribution in [-0.4, -0.2) is 10.3 Å². The van der Waals surface area contributed by atoms with Gasteiger partial charge in [-0.2, -0.15) is 0 Å². The molecule has 0 saturated heterocycles. The standard InChI is InChI=1S/C20H14FNO2/c21-17-9-7-14(8-10-17)20-18(12-23)19(22-24-20)16-6-5-13-3-1-2-4-15(13)11-16/h1-11,23H,12H2. The van der Waals surface area contributed by atoms with Crippen LogP contribution >= 0.6 is 0 Å². The van der Waals surface area contributed by atoms with Crippen LogP contribution in [-0.2, 0) is 6.61 Å². The maximum Gasteiger partial charge on any atom is 0.173 e. The molecule has 0 saturated carbocycles. The van der Waals surface area contributed by atoms with Crippen LogP contribution < -0.4 is 0 Å². The van der Waals surface area contributed by atoms with Gasteiger partial charge in [0.1, 0.15) is 11.5 Å². The third-order valence-corrected chi connectivity index (χ3v) is 4.08. The van der Waals surface area contributed by atoms with Crippen LogP contribution in [0, 0.1) is 5.82 Å². The van der Waals surface area contributed by atoms with Crippen molar-refractivity contribution in [2.45, 2.75) is 6.61 Å². The average molecular weight is 319 g/mol. The van der Waals surface area contributed by atoms with E-state index >= 15 is 0 Å². The fourth-order valence-electron chi connectivity index (χ4n) is 2.85. The van der Waals surface area contributed by atoms with E-state index in [0.29, 0.717) is 22.6 Å². The lowest BCUT2D eigenvalue weighted by Crippen LogP contribution is -1.89. The lowest BCUT2D eigenvalue weighted by atomic mass is 10.0. The summed E-state index contributed by atoms with van der Waals surface area (Å²) in [6, 6.07) is 19.9. The molecule has 0 amide bonds. The van der Waals surface area contributed by atoms with Crippen LogP contribution in [0.4, 0.5) is 4.39 Å². The van der Waals surface area contributed by atoms with E-state index < -0.39 is 0 Å². The number of benzene rings is 3. The number of hydrogen-bond donors (Lipinski definition) is 1. The Balaban J connectivity index is 1.84. The Kier molecular flexibility index (Phi) is 3.59. The number of halogens is 1. The predicted octanol–water partition coefficient (Wildman–Crippen LogP) is 4.79. The molecular weight excluding hydrogens is 305 g/mol. The van der Waals surface area contributed by atoms with E-state index in [-0.39, 0.29) is 12.4 Å². The summed E-state index contributed by atoms with van der Waals surface area (Å²) in [4.78, 5) is 0. The molecular formula is C20H14FNO2. The Labute approximate surface area is 138 Å². The van der Waals surface area contributed by atoms with E-state index in [1.807, 2.05) is 42.5 Å². The first-order valence-corrected chi connectivity index (χ1v) is 7.61. The van der Waals surface area contributed by atoms with Crippen molar-refractivity contribution in [2.24, 2.45) is 0 Å². The summed E-state index contributed by atoms with van der Waals surface area (Å²) in [5.41, 5.74) is 2.74. The molecule has 1 heterocycles.